The highest BCUT2D eigenvalue weighted by atomic mass is 16.5. The maximum atomic E-state index is 12.1. The minimum Gasteiger partial charge on any atom is -0.496 e. The maximum absolute atomic E-state index is 12.1. The van der Waals surface area contributed by atoms with Gasteiger partial charge in [0, 0.05) is 30.9 Å². The van der Waals surface area contributed by atoms with Crippen LogP contribution < -0.4 is 14.2 Å². The third-order valence-corrected chi connectivity index (χ3v) is 5.04. The van der Waals surface area contributed by atoms with Crippen molar-refractivity contribution in [1.29, 1.82) is 0 Å². The molecular weight excluding hydrogens is 372 g/mol. The molecule has 0 amide bonds. The van der Waals surface area contributed by atoms with Crippen molar-refractivity contribution in [3.63, 3.8) is 0 Å². The van der Waals surface area contributed by atoms with E-state index in [1.54, 1.807) is 14.2 Å². The molecule has 3 rings (SSSR count). The molecule has 0 spiro atoms. The summed E-state index contributed by atoms with van der Waals surface area (Å²) in [5, 5.41) is 9.45. The predicted molar refractivity (Wildman–Crippen MR) is 109 cm³/mol. The highest BCUT2D eigenvalue weighted by Gasteiger charge is 2.31. The van der Waals surface area contributed by atoms with Gasteiger partial charge in [0.05, 0.1) is 39.6 Å². The average Bonchev–Trinajstić information content (AvgIpc) is 2.74. The number of rotatable bonds is 8. The van der Waals surface area contributed by atoms with Crippen LogP contribution in [0.4, 0.5) is 0 Å². The predicted octanol–water partition coefficient (Wildman–Crippen LogP) is 3.47. The molecule has 1 aliphatic rings. The number of carbonyl (C=O) groups is 1. The molecule has 29 heavy (non-hydrogen) atoms. The molecule has 1 aliphatic heterocycles. The normalized spacial score (nSPS) is 19.1. The molecule has 6 nitrogen and oxygen atoms in total. The van der Waals surface area contributed by atoms with Crippen molar-refractivity contribution in [2.75, 3.05) is 27.4 Å². The number of aliphatic hydroxyl groups excluding tert-OH is 1. The minimum atomic E-state index is -0.484. The van der Waals surface area contributed by atoms with Crippen molar-refractivity contribution in [3.05, 3.63) is 53.1 Å². The highest BCUT2D eigenvalue weighted by molar-refractivity contribution is 5.80. The zero-order valence-corrected chi connectivity index (χ0v) is 17.1. The number of carbonyl (C=O) groups excluding carboxylic acids is 1. The van der Waals surface area contributed by atoms with E-state index in [4.69, 9.17) is 18.9 Å². The second-order valence-electron chi connectivity index (χ2n) is 7.04. The first kappa shape index (κ1) is 21.1. The summed E-state index contributed by atoms with van der Waals surface area (Å²) in [5.74, 6) is 2.23. The van der Waals surface area contributed by atoms with Gasteiger partial charge in [-0.25, -0.2) is 0 Å². The number of methoxy groups -OCH3 is 2. The number of ketones is 1. The van der Waals surface area contributed by atoms with Crippen LogP contribution >= 0.6 is 0 Å². The fourth-order valence-electron chi connectivity index (χ4n) is 3.64. The second-order valence-corrected chi connectivity index (χ2v) is 7.04. The zero-order chi connectivity index (χ0) is 20.8. The standard InChI is InChI=1S/C23H28O6/c1-4-28-18-7-5-15(6-8-18)9-16-10-20(22(27-3)13-21(16)26-2)23-12-17(25)11-19(14-24)29-23/h5-8,10,13,19,23-24H,4,9,11-12,14H2,1-3H3/t19-,23+/m0/s1. The molecule has 2 aromatic rings. The quantitative estimate of drug-likeness (QED) is 0.731. The summed E-state index contributed by atoms with van der Waals surface area (Å²) >= 11 is 0. The third kappa shape index (κ3) is 5.08. The topological polar surface area (TPSA) is 74.2 Å². The number of ether oxygens (including phenoxy) is 4. The zero-order valence-electron chi connectivity index (χ0n) is 17.1. The molecule has 0 aliphatic carbocycles. The van der Waals surface area contributed by atoms with Gasteiger partial charge in [0.2, 0.25) is 0 Å². The van der Waals surface area contributed by atoms with E-state index >= 15 is 0 Å². The lowest BCUT2D eigenvalue weighted by Crippen LogP contribution is -2.31. The molecule has 0 saturated carbocycles. The Morgan fingerprint density at radius 2 is 1.79 bits per heavy atom. The molecular formula is C23H28O6. The van der Waals surface area contributed by atoms with E-state index in [-0.39, 0.29) is 25.2 Å². The van der Waals surface area contributed by atoms with Gasteiger partial charge in [-0.1, -0.05) is 12.1 Å². The highest BCUT2D eigenvalue weighted by Crippen LogP contribution is 2.39. The van der Waals surface area contributed by atoms with E-state index in [1.807, 2.05) is 43.3 Å². The van der Waals surface area contributed by atoms with E-state index in [1.165, 1.54) is 0 Å². The molecule has 2 aromatic carbocycles. The Balaban J connectivity index is 1.92. The molecule has 156 valence electrons. The Labute approximate surface area is 171 Å². The fourth-order valence-corrected chi connectivity index (χ4v) is 3.64. The van der Waals surface area contributed by atoms with Crippen LogP contribution in [0.1, 0.15) is 42.6 Å². The molecule has 2 atom stereocenters. The van der Waals surface area contributed by atoms with Crippen molar-refractivity contribution in [2.45, 2.75) is 38.4 Å². The Kier molecular flexibility index (Phi) is 7.12. The van der Waals surface area contributed by atoms with Crippen LogP contribution in [-0.2, 0) is 16.0 Å². The molecule has 0 aromatic heterocycles. The van der Waals surface area contributed by atoms with E-state index in [2.05, 4.69) is 0 Å². The maximum Gasteiger partial charge on any atom is 0.138 e. The van der Waals surface area contributed by atoms with Gasteiger partial charge in [-0.05, 0) is 36.2 Å². The molecule has 0 unspecified atom stereocenters. The summed E-state index contributed by atoms with van der Waals surface area (Å²) in [6, 6.07) is 11.8. The van der Waals surface area contributed by atoms with Crippen molar-refractivity contribution < 1.29 is 28.8 Å². The lowest BCUT2D eigenvalue weighted by molar-refractivity contribution is -0.139. The van der Waals surface area contributed by atoms with Crippen LogP contribution in [0, 0.1) is 0 Å². The first-order valence-corrected chi connectivity index (χ1v) is 9.82. The third-order valence-electron chi connectivity index (χ3n) is 5.04. The molecule has 0 bridgehead atoms. The van der Waals surface area contributed by atoms with Gasteiger partial charge in [0.15, 0.2) is 0 Å². The van der Waals surface area contributed by atoms with Gasteiger partial charge < -0.3 is 24.1 Å². The van der Waals surface area contributed by atoms with Crippen molar-refractivity contribution in [2.24, 2.45) is 0 Å². The summed E-state index contributed by atoms with van der Waals surface area (Å²) in [5.41, 5.74) is 2.87. The monoisotopic (exact) mass is 400 g/mol. The smallest absolute Gasteiger partial charge is 0.138 e. The van der Waals surface area contributed by atoms with Crippen LogP contribution in [0.3, 0.4) is 0 Å². The molecule has 1 heterocycles. The SMILES string of the molecule is CCOc1ccc(Cc2cc([C@H]3CC(=O)C[C@@H](CO)O3)c(OC)cc2OC)cc1. The van der Waals surface area contributed by atoms with Crippen LogP contribution in [0.15, 0.2) is 36.4 Å². The number of aliphatic hydroxyl groups is 1. The summed E-state index contributed by atoms with van der Waals surface area (Å²) < 4.78 is 22.6. The van der Waals surface area contributed by atoms with Gasteiger partial charge in [-0.15, -0.1) is 0 Å². The minimum absolute atomic E-state index is 0.0752. The Morgan fingerprint density at radius 3 is 2.41 bits per heavy atom. The number of hydrogen-bond acceptors (Lipinski definition) is 6. The Bertz CT molecular complexity index is 830. The van der Waals surface area contributed by atoms with Gasteiger partial charge in [0.1, 0.15) is 23.0 Å². The van der Waals surface area contributed by atoms with Gasteiger partial charge in [-0.3, -0.25) is 4.79 Å². The summed E-state index contributed by atoms with van der Waals surface area (Å²) in [4.78, 5) is 12.1. The van der Waals surface area contributed by atoms with E-state index in [9.17, 15) is 9.90 Å². The van der Waals surface area contributed by atoms with Crippen LogP contribution in [-0.4, -0.2) is 44.4 Å². The molecule has 1 saturated heterocycles. The molecule has 1 fully saturated rings. The van der Waals surface area contributed by atoms with E-state index < -0.39 is 12.2 Å². The summed E-state index contributed by atoms with van der Waals surface area (Å²) in [6.45, 7) is 2.40. The van der Waals surface area contributed by atoms with Crippen LogP contribution in [0.5, 0.6) is 17.2 Å². The molecule has 1 N–H and O–H groups in total. The van der Waals surface area contributed by atoms with Crippen LogP contribution in [0.2, 0.25) is 0 Å². The van der Waals surface area contributed by atoms with Crippen molar-refractivity contribution in [1.82, 2.24) is 0 Å². The molecule has 0 radical (unpaired) electrons. The first-order chi connectivity index (χ1) is 14.1. The summed E-state index contributed by atoms with van der Waals surface area (Å²) in [6.07, 6.45) is 0.221. The number of hydrogen-bond donors (Lipinski definition) is 1. The Morgan fingerprint density at radius 1 is 1.07 bits per heavy atom. The fraction of sp³-hybridized carbons (Fsp3) is 0.435. The van der Waals surface area contributed by atoms with Gasteiger partial charge in [0.25, 0.3) is 0 Å². The van der Waals surface area contributed by atoms with Gasteiger partial charge >= 0.3 is 0 Å². The lowest BCUT2D eigenvalue weighted by Gasteiger charge is -2.30. The van der Waals surface area contributed by atoms with Crippen LogP contribution in [0.25, 0.3) is 0 Å². The largest absolute Gasteiger partial charge is 0.496 e. The van der Waals surface area contributed by atoms with E-state index in [0.29, 0.717) is 24.5 Å². The lowest BCUT2D eigenvalue weighted by atomic mass is 9.93. The average molecular weight is 400 g/mol. The number of Topliss-reactive ketones (excluding diaryl/α,β-unsaturated/α-hetero) is 1. The van der Waals surface area contributed by atoms with Gasteiger partial charge in [-0.2, -0.15) is 0 Å². The second kappa shape index (κ2) is 9.76. The molecule has 6 heteroatoms. The number of benzene rings is 2. The van der Waals surface area contributed by atoms with Crippen molar-refractivity contribution >= 4 is 5.78 Å². The van der Waals surface area contributed by atoms with Crippen molar-refractivity contribution in [3.8, 4) is 17.2 Å². The first-order valence-electron chi connectivity index (χ1n) is 9.82. The van der Waals surface area contributed by atoms with E-state index in [0.717, 1.165) is 22.4 Å². The Hall–Kier alpha value is -2.57. The summed E-state index contributed by atoms with van der Waals surface area (Å²) in [7, 11) is 3.21.